The number of benzene rings is 2. The summed E-state index contributed by atoms with van der Waals surface area (Å²) in [4.78, 5) is 45.6. The molecule has 0 spiro atoms. The second-order valence-corrected chi connectivity index (χ2v) is 10.9. The first-order chi connectivity index (χ1) is 20.8. The van der Waals surface area contributed by atoms with Crippen LogP contribution in [0.1, 0.15) is 72.1 Å². The first-order valence-corrected chi connectivity index (χ1v) is 15.1. The molecule has 0 bridgehead atoms. The Kier molecular flexibility index (Phi) is 10.7. The number of thiazole rings is 1. The molecule has 0 aliphatic carbocycles. The highest BCUT2D eigenvalue weighted by molar-refractivity contribution is 7.17. The van der Waals surface area contributed by atoms with E-state index in [0.29, 0.717) is 41.5 Å². The van der Waals surface area contributed by atoms with Crippen LogP contribution < -0.4 is 14.4 Å². The number of aromatic nitrogens is 1. The van der Waals surface area contributed by atoms with Gasteiger partial charge in [0, 0.05) is 5.56 Å². The molecule has 3 aromatic rings. The van der Waals surface area contributed by atoms with Crippen molar-refractivity contribution in [3.05, 3.63) is 88.5 Å². The van der Waals surface area contributed by atoms with Crippen LogP contribution in [0.5, 0.6) is 11.5 Å². The summed E-state index contributed by atoms with van der Waals surface area (Å²) >= 11 is 0.945. The van der Waals surface area contributed by atoms with Crippen LogP contribution in [0.3, 0.4) is 0 Å². The topological polar surface area (TPSA) is 115 Å². The highest BCUT2D eigenvalue weighted by Crippen LogP contribution is 2.44. The van der Waals surface area contributed by atoms with Gasteiger partial charge in [-0.05, 0) is 61.7 Å². The van der Waals surface area contributed by atoms with Gasteiger partial charge in [-0.2, -0.15) is 0 Å². The minimum Gasteiger partial charge on any atom is -0.507 e. The number of hydrogen-bond donors (Lipinski definition) is 1. The van der Waals surface area contributed by atoms with Crippen LogP contribution in [0, 0.1) is 6.92 Å². The van der Waals surface area contributed by atoms with Crippen molar-refractivity contribution < 1.29 is 33.7 Å². The molecule has 0 radical (unpaired) electrons. The number of Topliss-reactive ketones (excluding diaryl/α,β-unsaturated/α-hetero) is 1. The van der Waals surface area contributed by atoms with E-state index >= 15 is 0 Å². The predicted molar refractivity (Wildman–Crippen MR) is 166 cm³/mol. The zero-order valence-corrected chi connectivity index (χ0v) is 25.4. The van der Waals surface area contributed by atoms with Crippen LogP contribution in [0.15, 0.2) is 66.8 Å². The van der Waals surface area contributed by atoms with Crippen molar-refractivity contribution in [2.45, 2.75) is 52.5 Å². The Labute approximate surface area is 255 Å². The van der Waals surface area contributed by atoms with E-state index < -0.39 is 23.7 Å². The van der Waals surface area contributed by atoms with E-state index in [4.69, 9.17) is 14.2 Å². The fourth-order valence-electron chi connectivity index (χ4n) is 4.50. The number of aliphatic hydroxyl groups is 1. The fourth-order valence-corrected chi connectivity index (χ4v) is 5.49. The number of esters is 1. The average Bonchev–Trinajstić information content (AvgIpc) is 3.52. The molecule has 1 aliphatic heterocycles. The Hall–Kier alpha value is -4.44. The van der Waals surface area contributed by atoms with E-state index in [1.54, 1.807) is 55.5 Å². The summed E-state index contributed by atoms with van der Waals surface area (Å²) in [5.74, 6) is -1.39. The maximum absolute atomic E-state index is 13.6. The Morgan fingerprint density at radius 2 is 1.58 bits per heavy atom. The zero-order valence-electron chi connectivity index (χ0n) is 24.6. The van der Waals surface area contributed by atoms with Gasteiger partial charge in [0.15, 0.2) is 5.13 Å². The molecule has 0 saturated carbocycles. The van der Waals surface area contributed by atoms with Gasteiger partial charge < -0.3 is 19.3 Å². The summed E-state index contributed by atoms with van der Waals surface area (Å²) in [6.07, 6.45) is 5.27. The van der Waals surface area contributed by atoms with Crippen LogP contribution in [0.4, 0.5) is 5.13 Å². The van der Waals surface area contributed by atoms with Crippen LogP contribution in [0.25, 0.3) is 5.76 Å². The summed E-state index contributed by atoms with van der Waals surface area (Å²) in [7, 11) is 0. The number of ketones is 1. The average molecular weight is 605 g/mol. The monoisotopic (exact) mass is 604 g/mol. The second-order valence-electron chi connectivity index (χ2n) is 9.96. The molecule has 1 saturated heterocycles. The van der Waals surface area contributed by atoms with Gasteiger partial charge >= 0.3 is 11.9 Å². The van der Waals surface area contributed by atoms with Gasteiger partial charge in [-0.15, -0.1) is 0 Å². The smallest absolute Gasteiger partial charge is 0.350 e. The van der Waals surface area contributed by atoms with E-state index in [9.17, 15) is 19.5 Å². The number of rotatable bonds is 14. The lowest BCUT2D eigenvalue weighted by Gasteiger charge is -2.23. The molecule has 2 aromatic carbocycles. The highest BCUT2D eigenvalue weighted by atomic mass is 32.1. The minimum atomic E-state index is -1.01. The van der Waals surface area contributed by atoms with Gasteiger partial charge in [0.25, 0.3) is 5.78 Å². The van der Waals surface area contributed by atoms with E-state index in [2.05, 4.69) is 25.4 Å². The standard InChI is InChI=1S/C33H36N2O7S/c1-5-8-19-40-24-14-10-22(11-15-24)27-26(28(36)23-12-16-25(17-13-23)41-20-9-6-2)29(37)31(38)35(27)33-34-21(4)30(43-33)32(39)42-18-7-3/h7,10-17,27,36H,3,5-6,8-9,18-20H2,1-2,4H3. The zero-order chi connectivity index (χ0) is 30.9. The number of nitrogens with zero attached hydrogens (tertiary/aromatic N) is 2. The summed E-state index contributed by atoms with van der Waals surface area (Å²) in [6, 6.07) is 12.7. The molecule has 1 atom stereocenters. The summed E-state index contributed by atoms with van der Waals surface area (Å²) in [5, 5.41) is 11.6. The Balaban J connectivity index is 1.77. The molecule has 2 heterocycles. The molecule has 1 fully saturated rings. The van der Waals surface area contributed by atoms with E-state index in [0.717, 1.165) is 37.0 Å². The molecule has 1 aliphatic rings. The molecule has 9 nitrogen and oxygen atoms in total. The third-order valence-electron chi connectivity index (χ3n) is 6.81. The quantitative estimate of drug-likeness (QED) is 0.0535. The van der Waals surface area contributed by atoms with Crippen LogP contribution in [-0.4, -0.2) is 47.6 Å². The molecular formula is C33H36N2O7S. The Morgan fingerprint density at radius 3 is 2.14 bits per heavy atom. The minimum absolute atomic E-state index is 0.0190. The number of hydrogen-bond acceptors (Lipinski definition) is 9. The molecule has 4 rings (SSSR count). The lowest BCUT2D eigenvalue weighted by atomic mass is 9.95. The van der Waals surface area contributed by atoms with Crippen molar-refractivity contribution in [2.75, 3.05) is 24.7 Å². The first-order valence-electron chi connectivity index (χ1n) is 14.3. The van der Waals surface area contributed by atoms with Gasteiger partial charge in [-0.1, -0.05) is 62.8 Å². The van der Waals surface area contributed by atoms with Crippen molar-refractivity contribution in [3.63, 3.8) is 0 Å². The molecule has 1 N–H and O–H groups in total. The van der Waals surface area contributed by atoms with Crippen molar-refractivity contribution in [3.8, 4) is 11.5 Å². The van der Waals surface area contributed by atoms with Crippen LogP contribution in [-0.2, 0) is 14.3 Å². The lowest BCUT2D eigenvalue weighted by Crippen LogP contribution is -2.29. The third kappa shape index (κ3) is 7.14. The number of aliphatic hydroxyl groups excluding tert-OH is 1. The number of unbranched alkanes of at least 4 members (excludes halogenated alkanes) is 2. The molecule has 226 valence electrons. The van der Waals surface area contributed by atoms with E-state index in [1.165, 1.54) is 11.0 Å². The normalized spacial score (nSPS) is 15.9. The molecule has 1 unspecified atom stereocenters. The van der Waals surface area contributed by atoms with Crippen LogP contribution >= 0.6 is 11.3 Å². The number of amides is 1. The number of ether oxygens (including phenoxy) is 3. The number of carbonyl (C=O) groups excluding carboxylic acids is 3. The molecular weight excluding hydrogens is 568 g/mol. The fraction of sp³-hybridized carbons (Fsp3) is 0.333. The SMILES string of the molecule is C=CCOC(=O)c1sc(N2C(=O)C(=O)C(=C(O)c3ccc(OCCCC)cc3)C2c2ccc(OCCCC)cc2)nc1C. The van der Waals surface area contributed by atoms with Gasteiger partial charge in [0.1, 0.15) is 28.7 Å². The largest absolute Gasteiger partial charge is 0.507 e. The van der Waals surface area contributed by atoms with Gasteiger partial charge in [0.2, 0.25) is 0 Å². The third-order valence-corrected chi connectivity index (χ3v) is 7.95. The van der Waals surface area contributed by atoms with Crippen molar-refractivity contribution in [1.82, 2.24) is 4.98 Å². The van der Waals surface area contributed by atoms with Gasteiger partial charge in [-0.25, -0.2) is 9.78 Å². The predicted octanol–water partition coefficient (Wildman–Crippen LogP) is 6.78. The Bertz CT molecular complexity index is 1490. The number of aryl methyl sites for hydroxylation is 1. The summed E-state index contributed by atoms with van der Waals surface area (Å²) in [6.45, 7) is 10.5. The Morgan fingerprint density at radius 1 is 1.00 bits per heavy atom. The molecule has 10 heteroatoms. The van der Waals surface area contributed by atoms with Gasteiger partial charge in [-0.3, -0.25) is 14.5 Å². The molecule has 1 aromatic heterocycles. The van der Waals surface area contributed by atoms with Crippen LogP contribution in [0.2, 0.25) is 0 Å². The lowest BCUT2D eigenvalue weighted by molar-refractivity contribution is -0.132. The second kappa shape index (κ2) is 14.6. The summed E-state index contributed by atoms with van der Waals surface area (Å²) < 4.78 is 16.7. The van der Waals surface area contributed by atoms with Crippen molar-refractivity contribution >= 4 is 39.9 Å². The van der Waals surface area contributed by atoms with E-state index in [-0.39, 0.29) is 27.9 Å². The summed E-state index contributed by atoms with van der Waals surface area (Å²) in [5.41, 5.74) is 1.18. The maximum atomic E-state index is 13.6. The van der Waals surface area contributed by atoms with E-state index in [1.807, 2.05) is 0 Å². The maximum Gasteiger partial charge on any atom is 0.350 e. The first kappa shape index (κ1) is 31.5. The molecule has 43 heavy (non-hydrogen) atoms. The van der Waals surface area contributed by atoms with Crippen molar-refractivity contribution in [1.29, 1.82) is 0 Å². The van der Waals surface area contributed by atoms with Gasteiger partial charge in [0.05, 0.1) is 30.5 Å². The number of anilines is 1. The molecule has 1 amide bonds. The number of carbonyl (C=O) groups is 3. The highest BCUT2D eigenvalue weighted by Gasteiger charge is 2.48. The van der Waals surface area contributed by atoms with Crippen molar-refractivity contribution in [2.24, 2.45) is 0 Å².